The van der Waals surface area contributed by atoms with Crippen molar-refractivity contribution in [3.05, 3.63) is 41.4 Å². The Morgan fingerprint density at radius 3 is 2.75 bits per heavy atom. The normalized spacial score (nSPS) is 10.9. The summed E-state index contributed by atoms with van der Waals surface area (Å²) in [6.07, 6.45) is 0. The molecule has 0 radical (unpaired) electrons. The summed E-state index contributed by atoms with van der Waals surface area (Å²) in [5.41, 5.74) is 8.47. The number of nitrogens with zero attached hydrogens (tertiary/aromatic N) is 5. The highest BCUT2D eigenvalue weighted by Crippen LogP contribution is 2.19. The summed E-state index contributed by atoms with van der Waals surface area (Å²) in [4.78, 5) is 0. The van der Waals surface area contributed by atoms with Crippen LogP contribution in [-0.2, 0) is 6.54 Å². The second kappa shape index (κ2) is 4.76. The van der Waals surface area contributed by atoms with Crippen molar-refractivity contribution in [3.63, 3.8) is 0 Å². The van der Waals surface area contributed by atoms with Crippen LogP contribution in [0.1, 0.15) is 17.1 Å². The standard InChI is InChI=1S/C13H14N6O/c1-8-4-3-5-10(6-8)13-17-15-11(20-13)7-19-9(2)12(14)16-18-19/h3-6H,7,14H2,1-2H3. The minimum atomic E-state index is 0.356. The van der Waals surface area contributed by atoms with Crippen LogP contribution >= 0.6 is 0 Å². The third-order valence-electron chi connectivity index (χ3n) is 3.04. The summed E-state index contributed by atoms with van der Waals surface area (Å²) in [5.74, 6) is 1.37. The number of nitrogens with two attached hydrogens (primary N) is 1. The first-order valence-corrected chi connectivity index (χ1v) is 6.18. The molecule has 7 heteroatoms. The maximum absolute atomic E-state index is 5.65. The number of anilines is 1. The molecule has 0 saturated carbocycles. The highest BCUT2D eigenvalue weighted by Gasteiger charge is 2.12. The van der Waals surface area contributed by atoms with Crippen molar-refractivity contribution in [1.29, 1.82) is 0 Å². The fraction of sp³-hybridized carbons (Fsp3) is 0.231. The first-order valence-electron chi connectivity index (χ1n) is 6.18. The first-order chi connectivity index (χ1) is 9.63. The number of hydrogen-bond donors (Lipinski definition) is 1. The van der Waals surface area contributed by atoms with E-state index in [9.17, 15) is 0 Å². The van der Waals surface area contributed by atoms with Gasteiger partial charge in [0.05, 0.1) is 5.69 Å². The lowest BCUT2D eigenvalue weighted by Gasteiger charge is -1.98. The highest BCUT2D eigenvalue weighted by atomic mass is 16.4. The van der Waals surface area contributed by atoms with Crippen LogP contribution in [0.2, 0.25) is 0 Å². The van der Waals surface area contributed by atoms with Gasteiger partial charge in [-0.3, -0.25) is 0 Å². The van der Waals surface area contributed by atoms with Gasteiger partial charge in [0.2, 0.25) is 11.8 Å². The predicted octanol–water partition coefficient (Wildman–Crippen LogP) is 1.58. The molecule has 0 spiro atoms. The third-order valence-corrected chi connectivity index (χ3v) is 3.04. The zero-order valence-electron chi connectivity index (χ0n) is 11.2. The lowest BCUT2D eigenvalue weighted by Crippen LogP contribution is -2.04. The molecule has 7 nitrogen and oxygen atoms in total. The van der Waals surface area contributed by atoms with Crippen LogP contribution in [0.4, 0.5) is 5.82 Å². The summed E-state index contributed by atoms with van der Waals surface area (Å²) in [7, 11) is 0. The van der Waals surface area contributed by atoms with Gasteiger partial charge in [0.25, 0.3) is 0 Å². The molecule has 0 aliphatic heterocycles. The molecule has 2 heterocycles. The molecule has 2 N–H and O–H groups in total. The molecule has 0 aliphatic carbocycles. The highest BCUT2D eigenvalue weighted by molar-refractivity contribution is 5.53. The van der Waals surface area contributed by atoms with Gasteiger partial charge in [-0.05, 0) is 26.0 Å². The third kappa shape index (κ3) is 2.25. The van der Waals surface area contributed by atoms with E-state index in [1.807, 2.05) is 38.1 Å². The summed E-state index contributed by atoms with van der Waals surface area (Å²) < 4.78 is 7.27. The van der Waals surface area contributed by atoms with Crippen molar-refractivity contribution in [2.45, 2.75) is 20.4 Å². The summed E-state index contributed by atoms with van der Waals surface area (Å²) >= 11 is 0. The summed E-state index contributed by atoms with van der Waals surface area (Å²) in [5, 5.41) is 15.8. The SMILES string of the molecule is Cc1cccc(-c2nnc(Cn3nnc(N)c3C)o2)c1. The molecule has 0 atom stereocenters. The molecule has 2 aromatic heterocycles. The molecule has 3 rings (SSSR count). The van der Waals surface area contributed by atoms with Crippen LogP contribution in [0.15, 0.2) is 28.7 Å². The minimum Gasteiger partial charge on any atom is -0.419 e. The maximum atomic E-state index is 5.65. The van der Waals surface area contributed by atoms with Crippen molar-refractivity contribution in [1.82, 2.24) is 25.2 Å². The number of aromatic nitrogens is 5. The van der Waals surface area contributed by atoms with Crippen molar-refractivity contribution in [3.8, 4) is 11.5 Å². The Labute approximate surface area is 115 Å². The number of rotatable bonds is 3. The second-order valence-electron chi connectivity index (χ2n) is 4.59. The van der Waals surface area contributed by atoms with Gasteiger partial charge in [0.1, 0.15) is 6.54 Å². The lowest BCUT2D eigenvalue weighted by molar-refractivity contribution is 0.465. The van der Waals surface area contributed by atoms with Crippen molar-refractivity contribution < 1.29 is 4.42 Å². The molecule has 0 unspecified atom stereocenters. The maximum Gasteiger partial charge on any atom is 0.247 e. The van der Waals surface area contributed by atoms with E-state index in [0.29, 0.717) is 24.1 Å². The fourth-order valence-electron chi connectivity index (χ4n) is 1.86. The van der Waals surface area contributed by atoms with Gasteiger partial charge in [-0.15, -0.1) is 15.3 Å². The topological polar surface area (TPSA) is 95.7 Å². The Balaban J connectivity index is 1.85. The van der Waals surface area contributed by atoms with Crippen LogP contribution in [0.25, 0.3) is 11.5 Å². The van der Waals surface area contributed by atoms with Gasteiger partial charge >= 0.3 is 0 Å². The molecule has 3 aromatic rings. The van der Waals surface area contributed by atoms with E-state index in [-0.39, 0.29) is 0 Å². The van der Waals surface area contributed by atoms with Gasteiger partial charge in [0, 0.05) is 5.56 Å². The summed E-state index contributed by atoms with van der Waals surface area (Å²) in [6.45, 7) is 4.21. The molecule has 20 heavy (non-hydrogen) atoms. The van der Waals surface area contributed by atoms with Gasteiger partial charge in [-0.25, -0.2) is 4.68 Å². The zero-order chi connectivity index (χ0) is 14.1. The smallest absolute Gasteiger partial charge is 0.247 e. The number of nitrogen functional groups attached to an aromatic ring is 1. The molecule has 0 fully saturated rings. The van der Waals surface area contributed by atoms with Crippen molar-refractivity contribution in [2.24, 2.45) is 0 Å². The molecular formula is C13H14N6O. The minimum absolute atomic E-state index is 0.356. The molecule has 0 bridgehead atoms. The van der Waals surface area contributed by atoms with Crippen LogP contribution in [0, 0.1) is 13.8 Å². The van der Waals surface area contributed by atoms with Crippen LogP contribution in [0.3, 0.4) is 0 Å². The monoisotopic (exact) mass is 270 g/mol. The van der Waals surface area contributed by atoms with Gasteiger partial charge in [0.15, 0.2) is 5.82 Å². The van der Waals surface area contributed by atoms with E-state index < -0.39 is 0 Å². The van der Waals surface area contributed by atoms with Crippen molar-refractivity contribution in [2.75, 3.05) is 5.73 Å². The van der Waals surface area contributed by atoms with Crippen LogP contribution < -0.4 is 5.73 Å². The number of benzene rings is 1. The quantitative estimate of drug-likeness (QED) is 0.776. The Morgan fingerprint density at radius 1 is 1.20 bits per heavy atom. The zero-order valence-corrected chi connectivity index (χ0v) is 11.2. The molecule has 0 saturated heterocycles. The van der Waals surface area contributed by atoms with Gasteiger partial charge in [-0.1, -0.05) is 22.9 Å². The number of hydrogen-bond acceptors (Lipinski definition) is 6. The first kappa shape index (κ1) is 12.3. The van der Waals surface area contributed by atoms with E-state index >= 15 is 0 Å². The van der Waals surface area contributed by atoms with E-state index in [4.69, 9.17) is 10.2 Å². The average Bonchev–Trinajstić information content (AvgIpc) is 3.01. The van der Waals surface area contributed by atoms with E-state index in [0.717, 1.165) is 16.8 Å². The van der Waals surface area contributed by atoms with E-state index in [1.165, 1.54) is 0 Å². The Bertz CT molecular complexity index is 745. The van der Waals surface area contributed by atoms with Gasteiger partial charge in [-0.2, -0.15) is 0 Å². The van der Waals surface area contributed by atoms with E-state index in [2.05, 4.69) is 20.5 Å². The predicted molar refractivity (Wildman–Crippen MR) is 72.7 cm³/mol. The van der Waals surface area contributed by atoms with Crippen molar-refractivity contribution >= 4 is 5.82 Å². The second-order valence-corrected chi connectivity index (χ2v) is 4.59. The fourth-order valence-corrected chi connectivity index (χ4v) is 1.86. The Hall–Kier alpha value is -2.70. The molecule has 102 valence electrons. The summed E-state index contributed by atoms with van der Waals surface area (Å²) in [6, 6.07) is 7.90. The van der Waals surface area contributed by atoms with E-state index in [1.54, 1.807) is 4.68 Å². The van der Waals surface area contributed by atoms with Crippen LogP contribution in [0.5, 0.6) is 0 Å². The Kier molecular flexibility index (Phi) is 2.94. The lowest BCUT2D eigenvalue weighted by atomic mass is 10.1. The average molecular weight is 270 g/mol. The largest absolute Gasteiger partial charge is 0.419 e. The van der Waals surface area contributed by atoms with Crippen LogP contribution in [-0.4, -0.2) is 25.2 Å². The molecule has 0 amide bonds. The number of aryl methyl sites for hydroxylation is 1. The molecule has 1 aromatic carbocycles. The van der Waals surface area contributed by atoms with Gasteiger partial charge < -0.3 is 10.2 Å². The Morgan fingerprint density at radius 2 is 2.05 bits per heavy atom. The molecular weight excluding hydrogens is 256 g/mol. The molecule has 0 aliphatic rings.